The fourth-order valence-corrected chi connectivity index (χ4v) is 2.18. The van der Waals surface area contributed by atoms with Crippen LogP contribution in [0.15, 0.2) is 30.5 Å². The summed E-state index contributed by atoms with van der Waals surface area (Å²) in [4.78, 5) is 9.46. The molecule has 2 rings (SSSR count). The Morgan fingerprint density at radius 2 is 1.70 bits per heavy atom. The van der Waals surface area contributed by atoms with E-state index in [4.69, 9.17) is 9.47 Å². The van der Waals surface area contributed by atoms with Crippen molar-refractivity contribution < 1.29 is 22.6 Å². The van der Waals surface area contributed by atoms with E-state index in [0.29, 0.717) is 12.3 Å². The summed E-state index contributed by atoms with van der Waals surface area (Å²) in [5.74, 6) is 0.332. The maximum absolute atomic E-state index is 13.2. The highest BCUT2D eigenvalue weighted by molar-refractivity contribution is 5.58. The summed E-state index contributed by atoms with van der Waals surface area (Å²) in [6.45, 7) is 7.61. The lowest BCUT2D eigenvalue weighted by Crippen LogP contribution is -2.26. The monoisotopic (exact) mass is 383 g/mol. The predicted octanol–water partition coefficient (Wildman–Crippen LogP) is 5.23. The average molecular weight is 383 g/mol. The van der Waals surface area contributed by atoms with E-state index >= 15 is 0 Å². The quantitative estimate of drug-likeness (QED) is 0.684. The SMILES string of the molecule is CCCOc1ccc(N(C)c2ncc(C(F)(F)F)c(OC(C)(C)C)n2)cc1. The van der Waals surface area contributed by atoms with E-state index in [1.54, 1.807) is 57.0 Å². The lowest BCUT2D eigenvalue weighted by atomic mass is 10.2. The van der Waals surface area contributed by atoms with Crippen LogP contribution in [-0.4, -0.2) is 29.2 Å². The van der Waals surface area contributed by atoms with E-state index in [1.807, 2.05) is 6.92 Å². The molecule has 1 aromatic carbocycles. The smallest absolute Gasteiger partial charge is 0.423 e. The zero-order valence-electron chi connectivity index (χ0n) is 16.1. The highest BCUT2D eigenvalue weighted by atomic mass is 19.4. The average Bonchev–Trinajstić information content (AvgIpc) is 2.57. The molecule has 27 heavy (non-hydrogen) atoms. The molecule has 0 aliphatic rings. The number of nitrogens with zero attached hydrogens (tertiary/aromatic N) is 3. The van der Waals surface area contributed by atoms with Crippen LogP contribution in [0, 0.1) is 0 Å². The molecule has 0 radical (unpaired) electrons. The van der Waals surface area contributed by atoms with Gasteiger partial charge in [0.05, 0.1) is 6.61 Å². The largest absolute Gasteiger partial charge is 0.494 e. The minimum atomic E-state index is -4.60. The summed E-state index contributed by atoms with van der Waals surface area (Å²) < 4.78 is 50.7. The molecule has 0 bridgehead atoms. The van der Waals surface area contributed by atoms with Gasteiger partial charge in [-0.1, -0.05) is 6.92 Å². The molecule has 8 heteroatoms. The van der Waals surface area contributed by atoms with Gasteiger partial charge in [0, 0.05) is 18.9 Å². The number of rotatable bonds is 6. The van der Waals surface area contributed by atoms with Gasteiger partial charge in [-0.15, -0.1) is 0 Å². The molecule has 0 amide bonds. The number of aromatic nitrogens is 2. The zero-order valence-corrected chi connectivity index (χ0v) is 16.1. The molecule has 0 saturated carbocycles. The number of benzene rings is 1. The van der Waals surface area contributed by atoms with Crippen LogP contribution >= 0.6 is 0 Å². The van der Waals surface area contributed by atoms with Crippen LogP contribution < -0.4 is 14.4 Å². The van der Waals surface area contributed by atoms with Gasteiger partial charge in [0.1, 0.15) is 16.9 Å². The fraction of sp³-hybridized carbons (Fsp3) is 0.474. The molecule has 5 nitrogen and oxygen atoms in total. The van der Waals surface area contributed by atoms with Crippen molar-refractivity contribution in [3.63, 3.8) is 0 Å². The van der Waals surface area contributed by atoms with Crippen LogP contribution in [0.1, 0.15) is 39.7 Å². The first-order valence-electron chi connectivity index (χ1n) is 8.61. The molecule has 0 fully saturated rings. The third-order valence-corrected chi connectivity index (χ3v) is 3.45. The Hall–Kier alpha value is -2.51. The van der Waals surface area contributed by atoms with Crippen molar-refractivity contribution in [1.82, 2.24) is 9.97 Å². The van der Waals surface area contributed by atoms with Crippen LogP contribution in [0.25, 0.3) is 0 Å². The third-order valence-electron chi connectivity index (χ3n) is 3.45. The molecule has 1 aromatic heterocycles. The van der Waals surface area contributed by atoms with Crippen LogP contribution in [-0.2, 0) is 6.18 Å². The van der Waals surface area contributed by atoms with Gasteiger partial charge < -0.3 is 14.4 Å². The first-order valence-corrected chi connectivity index (χ1v) is 8.61. The predicted molar refractivity (Wildman–Crippen MR) is 97.7 cm³/mol. The van der Waals surface area contributed by atoms with Gasteiger partial charge >= 0.3 is 6.18 Å². The van der Waals surface area contributed by atoms with Crippen molar-refractivity contribution in [3.05, 3.63) is 36.0 Å². The molecule has 1 heterocycles. The van der Waals surface area contributed by atoms with Crippen LogP contribution in [0.3, 0.4) is 0 Å². The van der Waals surface area contributed by atoms with Crippen molar-refractivity contribution in [2.45, 2.75) is 45.9 Å². The van der Waals surface area contributed by atoms with E-state index in [0.717, 1.165) is 18.4 Å². The van der Waals surface area contributed by atoms with Gasteiger partial charge in [0.2, 0.25) is 11.8 Å². The first kappa shape index (κ1) is 20.8. The minimum absolute atomic E-state index is 0.101. The van der Waals surface area contributed by atoms with E-state index in [-0.39, 0.29) is 5.95 Å². The Balaban J connectivity index is 2.33. The summed E-state index contributed by atoms with van der Waals surface area (Å²) in [6, 6.07) is 7.16. The Labute approximate surface area is 157 Å². The van der Waals surface area contributed by atoms with Crippen molar-refractivity contribution >= 4 is 11.6 Å². The van der Waals surface area contributed by atoms with E-state index in [2.05, 4.69) is 9.97 Å². The molecule has 2 aromatic rings. The van der Waals surface area contributed by atoms with Gasteiger partial charge in [0.25, 0.3) is 0 Å². The summed E-state index contributed by atoms with van der Waals surface area (Å²) in [5.41, 5.74) is -1.12. The second-order valence-corrected chi connectivity index (χ2v) is 7.00. The highest BCUT2D eigenvalue weighted by Crippen LogP contribution is 2.37. The number of ether oxygens (including phenoxy) is 2. The number of hydrogen-bond donors (Lipinski definition) is 0. The fourth-order valence-electron chi connectivity index (χ4n) is 2.18. The Morgan fingerprint density at radius 1 is 1.07 bits per heavy atom. The van der Waals surface area contributed by atoms with Gasteiger partial charge in [-0.05, 0) is 51.5 Å². The van der Waals surface area contributed by atoms with E-state index in [1.165, 1.54) is 0 Å². The molecule has 0 saturated heterocycles. The van der Waals surface area contributed by atoms with E-state index < -0.39 is 23.2 Å². The molecule has 0 aliphatic carbocycles. The molecule has 0 spiro atoms. The number of halogens is 3. The number of anilines is 2. The maximum atomic E-state index is 13.2. The van der Waals surface area contributed by atoms with E-state index in [9.17, 15) is 13.2 Å². The lowest BCUT2D eigenvalue weighted by Gasteiger charge is -2.24. The molecule has 0 N–H and O–H groups in total. The van der Waals surface area contributed by atoms with Gasteiger partial charge in [-0.25, -0.2) is 4.98 Å². The summed E-state index contributed by atoms with van der Waals surface area (Å²) in [7, 11) is 1.67. The summed E-state index contributed by atoms with van der Waals surface area (Å²) in [5, 5.41) is 0. The number of alkyl halides is 3. The van der Waals surface area contributed by atoms with Crippen LogP contribution in [0.2, 0.25) is 0 Å². The summed E-state index contributed by atoms with van der Waals surface area (Å²) >= 11 is 0. The van der Waals surface area contributed by atoms with Gasteiger partial charge in [0.15, 0.2) is 0 Å². The standard InChI is InChI=1S/C19H24F3N3O2/c1-6-11-26-14-9-7-13(8-10-14)25(5)17-23-12-15(19(20,21)22)16(24-17)27-18(2,3)4/h7-10,12H,6,11H2,1-5H3. The molecular weight excluding hydrogens is 359 g/mol. The minimum Gasteiger partial charge on any atom is -0.494 e. The summed E-state index contributed by atoms with van der Waals surface area (Å²) in [6.07, 6.45) is -2.95. The molecule has 148 valence electrons. The normalized spacial score (nSPS) is 12.0. The highest BCUT2D eigenvalue weighted by Gasteiger charge is 2.37. The third kappa shape index (κ3) is 5.74. The van der Waals surface area contributed by atoms with Gasteiger partial charge in [-0.2, -0.15) is 18.2 Å². The molecule has 0 aliphatic heterocycles. The Morgan fingerprint density at radius 3 is 2.22 bits per heavy atom. The Kier molecular flexibility index (Phi) is 6.18. The molecule has 0 unspecified atom stereocenters. The van der Waals surface area contributed by atoms with Crippen LogP contribution in [0.4, 0.5) is 24.8 Å². The number of hydrogen-bond acceptors (Lipinski definition) is 5. The topological polar surface area (TPSA) is 47.5 Å². The van der Waals surface area contributed by atoms with Crippen molar-refractivity contribution in [2.75, 3.05) is 18.6 Å². The van der Waals surface area contributed by atoms with Crippen molar-refractivity contribution in [1.29, 1.82) is 0 Å². The second kappa shape index (κ2) is 8.02. The molecule has 0 atom stereocenters. The maximum Gasteiger partial charge on any atom is 0.423 e. The van der Waals surface area contributed by atoms with Crippen molar-refractivity contribution in [3.8, 4) is 11.6 Å². The van der Waals surface area contributed by atoms with Gasteiger partial charge in [-0.3, -0.25) is 0 Å². The van der Waals surface area contributed by atoms with Crippen LogP contribution in [0.5, 0.6) is 11.6 Å². The van der Waals surface area contributed by atoms with Crippen molar-refractivity contribution in [2.24, 2.45) is 0 Å². The second-order valence-electron chi connectivity index (χ2n) is 7.00. The molecular formula is C19H24F3N3O2. The zero-order chi connectivity index (χ0) is 20.2. The first-order chi connectivity index (χ1) is 12.5. The Bertz CT molecular complexity index is 756. The lowest BCUT2D eigenvalue weighted by molar-refractivity contribution is -0.140.